The van der Waals surface area contributed by atoms with Gasteiger partial charge in [0.1, 0.15) is 6.61 Å². The van der Waals surface area contributed by atoms with E-state index < -0.39 is 18.9 Å². The van der Waals surface area contributed by atoms with Gasteiger partial charge < -0.3 is 19.9 Å². The van der Waals surface area contributed by atoms with E-state index in [0.29, 0.717) is 31.0 Å². The molecule has 0 saturated carbocycles. The minimum Gasteiger partial charge on any atom is -0.490 e. The van der Waals surface area contributed by atoms with Crippen LogP contribution in [0, 0.1) is 0 Å². The molecule has 1 aromatic carbocycles. The summed E-state index contributed by atoms with van der Waals surface area (Å²) in [5, 5.41) is 12.1. The Hall–Kier alpha value is -1.47. The van der Waals surface area contributed by atoms with Crippen LogP contribution in [0.2, 0.25) is 0 Å². The number of aliphatic hydroxyl groups excluding tert-OH is 1. The molecule has 0 bridgehead atoms. The van der Waals surface area contributed by atoms with E-state index in [1.54, 1.807) is 25.1 Å². The molecule has 120 valence electrons. The highest BCUT2D eigenvalue weighted by atomic mass is 19.4. The molecular weight excluding hydrogens is 287 g/mol. The third kappa shape index (κ3) is 5.43. The lowest BCUT2D eigenvalue weighted by atomic mass is 10.2. The third-order valence-electron chi connectivity index (χ3n) is 2.69. The largest absolute Gasteiger partial charge is 0.490 e. The molecule has 0 aromatic heterocycles. The summed E-state index contributed by atoms with van der Waals surface area (Å²) in [5.74, 6) is 0.589. The first-order chi connectivity index (χ1) is 9.90. The van der Waals surface area contributed by atoms with Gasteiger partial charge in [-0.05, 0) is 19.5 Å². The molecule has 1 aromatic rings. The van der Waals surface area contributed by atoms with E-state index in [1.807, 2.05) is 6.92 Å². The number of alkyl halides is 3. The summed E-state index contributed by atoms with van der Waals surface area (Å²) in [4.78, 5) is 0. The average molecular weight is 307 g/mol. The summed E-state index contributed by atoms with van der Waals surface area (Å²) in [5.41, 5.74) is 0.678. The molecule has 0 fully saturated rings. The van der Waals surface area contributed by atoms with Crippen molar-refractivity contribution in [3.05, 3.63) is 23.8 Å². The van der Waals surface area contributed by atoms with Gasteiger partial charge in [-0.25, -0.2) is 0 Å². The zero-order valence-electron chi connectivity index (χ0n) is 12.0. The van der Waals surface area contributed by atoms with Gasteiger partial charge in [-0.15, -0.1) is 0 Å². The first-order valence-electron chi connectivity index (χ1n) is 6.73. The van der Waals surface area contributed by atoms with Crippen LogP contribution >= 0.6 is 0 Å². The van der Waals surface area contributed by atoms with Gasteiger partial charge >= 0.3 is 6.18 Å². The number of halogens is 3. The minimum absolute atomic E-state index is 0.226. The number of aliphatic hydroxyl groups is 1. The zero-order valence-corrected chi connectivity index (χ0v) is 12.0. The van der Waals surface area contributed by atoms with Gasteiger partial charge in [0.2, 0.25) is 0 Å². The maximum atomic E-state index is 12.3. The van der Waals surface area contributed by atoms with Crippen LogP contribution in [0.15, 0.2) is 18.2 Å². The molecule has 0 aliphatic rings. The molecule has 1 atom stereocenters. The van der Waals surface area contributed by atoms with E-state index in [1.165, 1.54) is 0 Å². The van der Waals surface area contributed by atoms with E-state index in [9.17, 15) is 13.2 Å². The highest BCUT2D eigenvalue weighted by Crippen LogP contribution is 2.32. The number of rotatable bonds is 8. The van der Waals surface area contributed by atoms with Gasteiger partial charge in [-0.3, -0.25) is 0 Å². The second-order valence-corrected chi connectivity index (χ2v) is 4.33. The first-order valence-corrected chi connectivity index (χ1v) is 6.73. The number of nitrogens with one attached hydrogen (secondary N) is 1. The molecule has 1 unspecified atom stereocenters. The lowest BCUT2D eigenvalue weighted by molar-refractivity contribution is -0.210. The van der Waals surface area contributed by atoms with Crippen molar-refractivity contribution < 1.29 is 27.8 Å². The summed E-state index contributed by atoms with van der Waals surface area (Å²) in [7, 11) is 0. The van der Waals surface area contributed by atoms with Crippen LogP contribution in [0.1, 0.15) is 19.4 Å². The van der Waals surface area contributed by atoms with Crippen LogP contribution in [0.25, 0.3) is 0 Å². The molecule has 0 spiro atoms. The van der Waals surface area contributed by atoms with E-state index in [4.69, 9.17) is 14.6 Å². The monoisotopic (exact) mass is 307 g/mol. The van der Waals surface area contributed by atoms with Gasteiger partial charge in [0.05, 0.1) is 6.61 Å². The third-order valence-corrected chi connectivity index (χ3v) is 2.69. The minimum atomic E-state index is -4.71. The molecule has 0 radical (unpaired) electrons. The Morgan fingerprint density at radius 2 is 1.95 bits per heavy atom. The van der Waals surface area contributed by atoms with Crippen molar-refractivity contribution in [1.82, 2.24) is 5.32 Å². The van der Waals surface area contributed by atoms with Gasteiger partial charge in [0.25, 0.3) is 0 Å². The maximum absolute atomic E-state index is 12.3. The molecule has 2 N–H and O–H groups in total. The summed E-state index contributed by atoms with van der Waals surface area (Å²) >= 11 is 0. The molecule has 4 nitrogen and oxygen atoms in total. The SMILES string of the molecule is CCNCc1cccc(OCC)c1OCC(O)C(F)(F)F. The number of para-hydroxylation sites is 1. The van der Waals surface area contributed by atoms with Gasteiger partial charge in [-0.2, -0.15) is 13.2 Å². The normalized spacial score (nSPS) is 13.0. The Bertz CT molecular complexity index is 438. The Balaban J connectivity index is 2.89. The molecule has 0 amide bonds. The van der Waals surface area contributed by atoms with Crippen LogP contribution in [-0.4, -0.2) is 37.1 Å². The molecule has 0 aliphatic heterocycles. The van der Waals surface area contributed by atoms with Crippen molar-refractivity contribution in [2.24, 2.45) is 0 Å². The standard InChI is InChI=1S/C14H20F3NO3/c1-3-18-8-10-6-5-7-11(20-4-2)13(10)21-9-12(19)14(15,16)17/h5-7,12,18-19H,3-4,8-9H2,1-2H3. The molecular formula is C14H20F3NO3. The lowest BCUT2D eigenvalue weighted by Crippen LogP contribution is -2.34. The number of hydrogen-bond acceptors (Lipinski definition) is 4. The second-order valence-electron chi connectivity index (χ2n) is 4.33. The van der Waals surface area contributed by atoms with Gasteiger partial charge in [0, 0.05) is 12.1 Å². The fourth-order valence-corrected chi connectivity index (χ4v) is 1.65. The molecule has 7 heteroatoms. The summed E-state index contributed by atoms with van der Waals surface area (Å²) in [6.07, 6.45) is -7.23. The highest BCUT2D eigenvalue weighted by Gasteiger charge is 2.39. The Labute approximate surface area is 121 Å². The van der Waals surface area contributed by atoms with Crippen molar-refractivity contribution in [1.29, 1.82) is 0 Å². The smallest absolute Gasteiger partial charge is 0.417 e. The Kier molecular flexibility index (Phi) is 6.77. The van der Waals surface area contributed by atoms with Crippen LogP contribution in [0.5, 0.6) is 11.5 Å². The predicted octanol–water partition coefficient (Wildman–Crippen LogP) is 2.50. The maximum Gasteiger partial charge on any atom is 0.417 e. The molecule has 0 heterocycles. The Morgan fingerprint density at radius 1 is 1.24 bits per heavy atom. The highest BCUT2D eigenvalue weighted by molar-refractivity contribution is 5.46. The van der Waals surface area contributed by atoms with Gasteiger partial charge in [-0.1, -0.05) is 19.1 Å². The van der Waals surface area contributed by atoms with Crippen LogP contribution in [-0.2, 0) is 6.54 Å². The first kappa shape index (κ1) is 17.6. The summed E-state index contributed by atoms with van der Waals surface area (Å²) < 4.78 is 47.5. The molecule has 21 heavy (non-hydrogen) atoms. The number of hydrogen-bond donors (Lipinski definition) is 2. The molecule has 0 saturated heterocycles. The zero-order chi connectivity index (χ0) is 15.9. The summed E-state index contributed by atoms with van der Waals surface area (Å²) in [6, 6.07) is 5.10. The average Bonchev–Trinajstić information content (AvgIpc) is 2.42. The lowest BCUT2D eigenvalue weighted by Gasteiger charge is -2.19. The van der Waals surface area contributed by atoms with Crippen LogP contribution in [0.3, 0.4) is 0 Å². The predicted molar refractivity (Wildman–Crippen MR) is 72.5 cm³/mol. The van der Waals surface area contributed by atoms with Crippen molar-refractivity contribution >= 4 is 0 Å². The van der Waals surface area contributed by atoms with Crippen molar-refractivity contribution in [3.63, 3.8) is 0 Å². The fourth-order valence-electron chi connectivity index (χ4n) is 1.65. The van der Waals surface area contributed by atoms with Crippen LogP contribution in [0.4, 0.5) is 13.2 Å². The summed E-state index contributed by atoms with van der Waals surface area (Å²) in [6.45, 7) is 4.33. The topological polar surface area (TPSA) is 50.7 Å². The van der Waals surface area contributed by atoms with E-state index >= 15 is 0 Å². The van der Waals surface area contributed by atoms with Crippen molar-refractivity contribution in [3.8, 4) is 11.5 Å². The molecule has 0 aliphatic carbocycles. The Morgan fingerprint density at radius 3 is 2.52 bits per heavy atom. The quantitative estimate of drug-likeness (QED) is 0.775. The van der Waals surface area contributed by atoms with Gasteiger partial charge in [0.15, 0.2) is 17.6 Å². The molecule has 1 rings (SSSR count). The van der Waals surface area contributed by atoms with Crippen LogP contribution < -0.4 is 14.8 Å². The number of benzene rings is 1. The number of ether oxygens (including phenoxy) is 2. The fraction of sp³-hybridized carbons (Fsp3) is 0.571. The second kappa shape index (κ2) is 8.09. The van der Waals surface area contributed by atoms with Crippen molar-refractivity contribution in [2.75, 3.05) is 19.8 Å². The van der Waals surface area contributed by atoms with E-state index in [2.05, 4.69) is 5.32 Å². The van der Waals surface area contributed by atoms with Crippen molar-refractivity contribution in [2.45, 2.75) is 32.7 Å². The van der Waals surface area contributed by atoms with E-state index in [-0.39, 0.29) is 5.75 Å². The van der Waals surface area contributed by atoms with E-state index in [0.717, 1.165) is 0 Å².